The Morgan fingerprint density at radius 1 is 0.929 bits per heavy atom. The second kappa shape index (κ2) is 9.40. The number of rotatable bonds is 9. The Morgan fingerprint density at radius 3 is 1.64 bits per heavy atom. The van der Waals surface area contributed by atoms with E-state index in [1.54, 1.807) is 0 Å². The largest absolute Gasteiger partial charge is 0.249 e. The van der Waals surface area contributed by atoms with Crippen LogP contribution in [0.3, 0.4) is 0 Å². The van der Waals surface area contributed by atoms with Gasteiger partial charge >= 0.3 is 0 Å². The van der Waals surface area contributed by atoms with Gasteiger partial charge in [0.2, 0.25) is 6.29 Å². The molecule has 0 aromatic rings. The van der Waals surface area contributed by atoms with Crippen LogP contribution in [-0.2, 0) is 9.78 Å². The van der Waals surface area contributed by atoms with Gasteiger partial charge in [0.05, 0.1) is 0 Å². The Kier molecular flexibility index (Phi) is 9.29. The van der Waals surface area contributed by atoms with Gasteiger partial charge in [-0.25, -0.2) is 20.3 Å². The van der Waals surface area contributed by atoms with Crippen LogP contribution in [0.5, 0.6) is 0 Å². The van der Waals surface area contributed by atoms with E-state index in [1.165, 1.54) is 0 Å². The summed E-state index contributed by atoms with van der Waals surface area (Å²) in [7, 11) is 0. The molecule has 0 saturated carbocycles. The van der Waals surface area contributed by atoms with Crippen LogP contribution in [0.1, 0.15) is 52.4 Å². The molecule has 86 valence electrons. The van der Waals surface area contributed by atoms with E-state index in [0.29, 0.717) is 0 Å². The van der Waals surface area contributed by atoms with Crippen LogP contribution < -0.4 is 0 Å². The van der Waals surface area contributed by atoms with Gasteiger partial charge in [-0.2, -0.15) is 0 Å². The van der Waals surface area contributed by atoms with Crippen molar-refractivity contribution >= 4 is 0 Å². The van der Waals surface area contributed by atoms with Crippen molar-refractivity contribution in [2.24, 2.45) is 5.92 Å². The molecular formula is C10H22O4. The van der Waals surface area contributed by atoms with E-state index < -0.39 is 6.29 Å². The minimum Gasteiger partial charge on any atom is -0.249 e. The predicted molar refractivity (Wildman–Crippen MR) is 53.8 cm³/mol. The van der Waals surface area contributed by atoms with Crippen LogP contribution >= 0.6 is 0 Å². The third-order valence-electron chi connectivity index (χ3n) is 2.45. The lowest BCUT2D eigenvalue weighted by atomic mass is 9.95. The van der Waals surface area contributed by atoms with Gasteiger partial charge in [0.1, 0.15) is 0 Å². The smallest absolute Gasteiger partial charge is 0.226 e. The zero-order chi connectivity index (χ0) is 10.8. The lowest BCUT2D eigenvalue weighted by molar-refractivity contribution is -0.444. The number of unbranched alkanes of at least 4 members (excludes halogenated alkanes) is 2. The summed E-state index contributed by atoms with van der Waals surface area (Å²) in [4.78, 5) is 8.17. The summed E-state index contributed by atoms with van der Waals surface area (Å²) in [5, 5.41) is 17.0. The minimum atomic E-state index is -0.895. The fourth-order valence-electron chi connectivity index (χ4n) is 1.54. The predicted octanol–water partition coefficient (Wildman–Crippen LogP) is 3.29. The average molecular weight is 206 g/mol. The van der Waals surface area contributed by atoms with Crippen LogP contribution in [0.4, 0.5) is 0 Å². The standard InChI is InChI=1S/C10H22O4/c1-3-5-7-9(8-6-4-2)10(13-11)14-12/h9-12H,3-8H2,1-2H3. The number of hydrogen-bond acceptors (Lipinski definition) is 4. The second-order valence-electron chi connectivity index (χ2n) is 3.62. The minimum absolute atomic E-state index is 0.0740. The van der Waals surface area contributed by atoms with Gasteiger partial charge in [-0.05, 0) is 12.8 Å². The van der Waals surface area contributed by atoms with E-state index in [9.17, 15) is 0 Å². The molecular weight excluding hydrogens is 184 g/mol. The molecule has 0 bridgehead atoms. The summed E-state index contributed by atoms with van der Waals surface area (Å²) in [6.45, 7) is 4.21. The summed E-state index contributed by atoms with van der Waals surface area (Å²) < 4.78 is 0. The average Bonchev–Trinajstić information content (AvgIpc) is 2.22. The molecule has 0 saturated heterocycles. The monoisotopic (exact) mass is 206 g/mol. The van der Waals surface area contributed by atoms with Crippen molar-refractivity contribution in [2.45, 2.75) is 58.7 Å². The highest BCUT2D eigenvalue weighted by atomic mass is 17.2. The van der Waals surface area contributed by atoms with Crippen molar-refractivity contribution in [1.29, 1.82) is 0 Å². The van der Waals surface area contributed by atoms with Gasteiger partial charge in [0, 0.05) is 5.92 Å². The lowest BCUT2D eigenvalue weighted by Crippen LogP contribution is -2.25. The summed E-state index contributed by atoms with van der Waals surface area (Å²) in [6.07, 6.45) is 5.20. The molecule has 0 fully saturated rings. The van der Waals surface area contributed by atoms with Crippen molar-refractivity contribution in [3.63, 3.8) is 0 Å². The highest BCUT2D eigenvalue weighted by Crippen LogP contribution is 2.22. The topological polar surface area (TPSA) is 58.9 Å². The lowest BCUT2D eigenvalue weighted by Gasteiger charge is -2.21. The van der Waals surface area contributed by atoms with Crippen molar-refractivity contribution in [3.8, 4) is 0 Å². The van der Waals surface area contributed by atoms with E-state index in [4.69, 9.17) is 10.5 Å². The van der Waals surface area contributed by atoms with Crippen LogP contribution in [-0.4, -0.2) is 16.8 Å². The highest BCUT2D eigenvalue weighted by Gasteiger charge is 2.22. The maximum atomic E-state index is 8.51. The molecule has 0 rings (SSSR count). The van der Waals surface area contributed by atoms with Crippen molar-refractivity contribution in [3.05, 3.63) is 0 Å². The van der Waals surface area contributed by atoms with Gasteiger partial charge in [0.25, 0.3) is 0 Å². The van der Waals surface area contributed by atoms with Gasteiger partial charge < -0.3 is 0 Å². The molecule has 0 aromatic heterocycles. The van der Waals surface area contributed by atoms with Crippen molar-refractivity contribution < 1.29 is 20.3 Å². The van der Waals surface area contributed by atoms with Crippen molar-refractivity contribution in [1.82, 2.24) is 0 Å². The molecule has 2 N–H and O–H groups in total. The molecule has 4 nitrogen and oxygen atoms in total. The first-order valence-electron chi connectivity index (χ1n) is 5.40. The summed E-state index contributed by atoms with van der Waals surface area (Å²) in [5.41, 5.74) is 0. The molecule has 4 heteroatoms. The van der Waals surface area contributed by atoms with E-state index in [2.05, 4.69) is 23.6 Å². The van der Waals surface area contributed by atoms with Gasteiger partial charge in [-0.1, -0.05) is 39.5 Å². The molecule has 0 aromatic carbocycles. The first-order chi connectivity index (χ1) is 6.79. The zero-order valence-electron chi connectivity index (χ0n) is 9.11. The first kappa shape index (κ1) is 13.8. The van der Waals surface area contributed by atoms with E-state index in [0.717, 1.165) is 38.5 Å². The fourth-order valence-corrected chi connectivity index (χ4v) is 1.54. The highest BCUT2D eigenvalue weighted by molar-refractivity contribution is 4.62. The molecule has 0 aliphatic rings. The summed E-state index contributed by atoms with van der Waals surface area (Å²) in [5.74, 6) is 0.0740. The maximum Gasteiger partial charge on any atom is 0.226 e. The third-order valence-corrected chi connectivity index (χ3v) is 2.45. The van der Waals surface area contributed by atoms with Crippen molar-refractivity contribution in [2.75, 3.05) is 0 Å². The Hall–Kier alpha value is -0.160. The Bertz CT molecular complexity index is 107. The molecule has 0 radical (unpaired) electrons. The summed E-state index contributed by atoms with van der Waals surface area (Å²) >= 11 is 0. The molecule has 0 amide bonds. The molecule has 0 atom stereocenters. The fraction of sp³-hybridized carbons (Fsp3) is 1.00. The first-order valence-corrected chi connectivity index (χ1v) is 5.40. The quantitative estimate of drug-likeness (QED) is 0.345. The van der Waals surface area contributed by atoms with Crippen LogP contribution in [0, 0.1) is 5.92 Å². The number of hydrogen-bond donors (Lipinski definition) is 2. The molecule has 0 aliphatic heterocycles. The molecule has 14 heavy (non-hydrogen) atoms. The van der Waals surface area contributed by atoms with E-state index in [-0.39, 0.29) is 5.92 Å². The van der Waals surface area contributed by atoms with Gasteiger partial charge in [-0.15, -0.1) is 0 Å². The maximum absolute atomic E-state index is 8.51. The van der Waals surface area contributed by atoms with Gasteiger partial charge in [0.15, 0.2) is 0 Å². The Balaban J connectivity index is 3.92. The Morgan fingerprint density at radius 2 is 1.36 bits per heavy atom. The zero-order valence-corrected chi connectivity index (χ0v) is 9.11. The van der Waals surface area contributed by atoms with Crippen LogP contribution in [0.15, 0.2) is 0 Å². The van der Waals surface area contributed by atoms with E-state index >= 15 is 0 Å². The third kappa shape index (κ3) is 5.54. The molecule has 0 heterocycles. The van der Waals surface area contributed by atoms with Crippen LogP contribution in [0.2, 0.25) is 0 Å². The molecule has 0 aliphatic carbocycles. The SMILES string of the molecule is CCCCC(CCCC)C(OO)OO. The summed E-state index contributed by atoms with van der Waals surface area (Å²) in [6, 6.07) is 0. The van der Waals surface area contributed by atoms with Gasteiger partial charge in [-0.3, -0.25) is 0 Å². The van der Waals surface area contributed by atoms with Crippen LogP contribution in [0.25, 0.3) is 0 Å². The Labute approximate surface area is 85.7 Å². The second-order valence-corrected chi connectivity index (χ2v) is 3.62. The normalized spacial score (nSPS) is 11.6. The molecule has 0 spiro atoms. The van der Waals surface area contributed by atoms with E-state index in [1.807, 2.05) is 0 Å². The molecule has 0 unspecified atom stereocenters.